The van der Waals surface area contributed by atoms with Crippen LogP contribution in [0.2, 0.25) is 0 Å². The van der Waals surface area contributed by atoms with Crippen LogP contribution in [0.5, 0.6) is 5.75 Å². The minimum absolute atomic E-state index is 0.106. The summed E-state index contributed by atoms with van der Waals surface area (Å²) in [5.74, 6) is -0.0123. The van der Waals surface area contributed by atoms with E-state index in [0.29, 0.717) is 11.4 Å². The highest BCUT2D eigenvalue weighted by molar-refractivity contribution is 5.94. The highest BCUT2D eigenvalue weighted by Crippen LogP contribution is 2.15. The molecule has 0 spiro atoms. The number of benzene rings is 2. The monoisotopic (exact) mass is 341 g/mol. The minimum atomic E-state index is -0.348. The van der Waals surface area contributed by atoms with Gasteiger partial charge in [0.1, 0.15) is 5.75 Å². The first-order chi connectivity index (χ1) is 11.9. The van der Waals surface area contributed by atoms with Crippen LogP contribution < -0.4 is 20.3 Å². The van der Waals surface area contributed by atoms with Gasteiger partial charge in [-0.25, -0.2) is 0 Å². The van der Waals surface area contributed by atoms with Gasteiger partial charge in [0.2, 0.25) is 5.91 Å². The lowest BCUT2D eigenvalue weighted by Gasteiger charge is -2.13. The molecule has 0 atom stereocenters. The number of carbonyl (C=O) groups is 2. The Morgan fingerprint density at radius 2 is 1.76 bits per heavy atom. The van der Waals surface area contributed by atoms with Crippen LogP contribution in [-0.2, 0) is 9.59 Å². The summed E-state index contributed by atoms with van der Waals surface area (Å²) in [5, 5.41) is 5.26. The number of nitrogens with one attached hydrogen (secondary N) is 2. The van der Waals surface area contributed by atoms with Gasteiger partial charge < -0.3 is 20.3 Å². The van der Waals surface area contributed by atoms with Gasteiger partial charge in [-0.3, -0.25) is 9.59 Å². The van der Waals surface area contributed by atoms with Crippen LogP contribution in [0, 0.1) is 6.92 Å². The Bertz CT molecular complexity index is 727. The van der Waals surface area contributed by atoms with Gasteiger partial charge in [0.25, 0.3) is 5.91 Å². The zero-order valence-electron chi connectivity index (χ0n) is 14.7. The van der Waals surface area contributed by atoms with Crippen LogP contribution in [0.1, 0.15) is 5.56 Å². The fourth-order valence-corrected chi connectivity index (χ4v) is 2.13. The van der Waals surface area contributed by atoms with Crippen LogP contribution in [0.15, 0.2) is 48.5 Å². The summed E-state index contributed by atoms with van der Waals surface area (Å²) in [5.41, 5.74) is 2.78. The molecule has 0 saturated heterocycles. The molecule has 0 unspecified atom stereocenters. The SMILES string of the molecule is Cc1cccc(OCC(=O)NCC(=O)Nc2ccc(N(C)C)cc2)c1. The Balaban J connectivity index is 1.72. The van der Waals surface area contributed by atoms with Crippen molar-refractivity contribution in [2.75, 3.05) is 37.5 Å². The molecule has 2 aromatic carbocycles. The third-order valence-electron chi connectivity index (χ3n) is 3.47. The van der Waals surface area contributed by atoms with Gasteiger partial charge in [-0.05, 0) is 48.9 Å². The molecule has 6 heteroatoms. The maximum absolute atomic E-state index is 11.9. The second kappa shape index (κ2) is 8.73. The van der Waals surface area contributed by atoms with E-state index < -0.39 is 0 Å². The van der Waals surface area contributed by atoms with E-state index in [1.54, 1.807) is 6.07 Å². The van der Waals surface area contributed by atoms with Crippen LogP contribution in [-0.4, -0.2) is 39.1 Å². The molecule has 0 fully saturated rings. The number of carbonyl (C=O) groups excluding carboxylic acids is 2. The molecule has 2 aromatic rings. The summed E-state index contributed by atoms with van der Waals surface area (Å²) in [6.07, 6.45) is 0. The Morgan fingerprint density at radius 3 is 2.40 bits per heavy atom. The lowest BCUT2D eigenvalue weighted by Crippen LogP contribution is -2.35. The third-order valence-corrected chi connectivity index (χ3v) is 3.47. The summed E-state index contributed by atoms with van der Waals surface area (Å²) < 4.78 is 5.39. The van der Waals surface area contributed by atoms with E-state index in [1.165, 1.54) is 0 Å². The maximum Gasteiger partial charge on any atom is 0.258 e. The zero-order valence-corrected chi connectivity index (χ0v) is 14.7. The maximum atomic E-state index is 11.9. The molecular formula is C19H23N3O3. The van der Waals surface area contributed by atoms with Crippen molar-refractivity contribution in [3.05, 3.63) is 54.1 Å². The fraction of sp³-hybridized carbons (Fsp3) is 0.263. The predicted octanol–water partition coefficient (Wildman–Crippen LogP) is 2.19. The van der Waals surface area contributed by atoms with Gasteiger partial charge >= 0.3 is 0 Å². The summed E-state index contributed by atoms with van der Waals surface area (Å²) in [4.78, 5) is 25.6. The minimum Gasteiger partial charge on any atom is -0.484 e. The molecule has 0 bridgehead atoms. The van der Waals surface area contributed by atoms with Gasteiger partial charge in [-0.15, -0.1) is 0 Å². The van der Waals surface area contributed by atoms with E-state index in [4.69, 9.17) is 4.74 Å². The molecule has 25 heavy (non-hydrogen) atoms. The number of hydrogen-bond donors (Lipinski definition) is 2. The number of amides is 2. The van der Waals surface area contributed by atoms with Crippen molar-refractivity contribution in [1.29, 1.82) is 0 Å². The molecule has 2 N–H and O–H groups in total. The van der Waals surface area contributed by atoms with Crippen LogP contribution in [0.3, 0.4) is 0 Å². The molecule has 2 rings (SSSR count). The average Bonchev–Trinajstić information content (AvgIpc) is 2.58. The van der Waals surface area contributed by atoms with Crippen molar-refractivity contribution in [3.63, 3.8) is 0 Å². The molecule has 6 nitrogen and oxygen atoms in total. The largest absolute Gasteiger partial charge is 0.484 e. The molecule has 132 valence electrons. The molecule has 0 saturated carbocycles. The number of nitrogens with zero attached hydrogens (tertiary/aromatic N) is 1. The van der Waals surface area contributed by atoms with Gasteiger partial charge in [-0.2, -0.15) is 0 Å². The normalized spacial score (nSPS) is 10.0. The van der Waals surface area contributed by atoms with Crippen LogP contribution in [0.4, 0.5) is 11.4 Å². The molecule has 2 amide bonds. The topological polar surface area (TPSA) is 70.7 Å². The second-order valence-electron chi connectivity index (χ2n) is 5.87. The number of anilines is 2. The number of ether oxygens (including phenoxy) is 1. The van der Waals surface area contributed by atoms with E-state index in [1.807, 2.05) is 68.4 Å². The van der Waals surface area contributed by atoms with E-state index >= 15 is 0 Å². The van der Waals surface area contributed by atoms with E-state index in [2.05, 4.69) is 10.6 Å². The number of hydrogen-bond acceptors (Lipinski definition) is 4. The zero-order chi connectivity index (χ0) is 18.2. The smallest absolute Gasteiger partial charge is 0.258 e. The Hall–Kier alpha value is -3.02. The fourth-order valence-electron chi connectivity index (χ4n) is 2.13. The Kier molecular flexibility index (Phi) is 6.39. The van der Waals surface area contributed by atoms with Crippen molar-refractivity contribution in [2.45, 2.75) is 6.92 Å². The molecule has 0 aliphatic rings. The lowest BCUT2D eigenvalue weighted by atomic mass is 10.2. The highest BCUT2D eigenvalue weighted by atomic mass is 16.5. The third kappa shape index (κ3) is 6.18. The van der Waals surface area contributed by atoms with Crippen molar-refractivity contribution in [1.82, 2.24) is 5.32 Å². The van der Waals surface area contributed by atoms with Gasteiger partial charge in [0.15, 0.2) is 6.61 Å². The van der Waals surface area contributed by atoms with Gasteiger partial charge in [0, 0.05) is 25.5 Å². The van der Waals surface area contributed by atoms with Crippen molar-refractivity contribution in [2.24, 2.45) is 0 Å². The highest BCUT2D eigenvalue weighted by Gasteiger charge is 2.07. The number of aryl methyl sites for hydroxylation is 1. The Labute approximate surface area is 147 Å². The second-order valence-corrected chi connectivity index (χ2v) is 5.87. The average molecular weight is 341 g/mol. The molecule has 0 radical (unpaired) electrons. The number of rotatable bonds is 7. The summed E-state index contributed by atoms with van der Waals surface area (Å²) in [6, 6.07) is 14.9. The van der Waals surface area contributed by atoms with Crippen LogP contribution >= 0.6 is 0 Å². The van der Waals surface area contributed by atoms with E-state index in [-0.39, 0.29) is 25.0 Å². The quantitative estimate of drug-likeness (QED) is 0.810. The molecular weight excluding hydrogens is 318 g/mol. The van der Waals surface area contributed by atoms with Crippen molar-refractivity contribution in [3.8, 4) is 5.75 Å². The van der Waals surface area contributed by atoms with Gasteiger partial charge in [-0.1, -0.05) is 12.1 Å². The summed E-state index contributed by atoms with van der Waals surface area (Å²) in [6.45, 7) is 1.71. The molecule has 0 aliphatic carbocycles. The van der Waals surface area contributed by atoms with Gasteiger partial charge in [0.05, 0.1) is 6.54 Å². The standard InChI is InChI=1S/C19H23N3O3/c1-14-5-4-6-17(11-14)25-13-19(24)20-12-18(23)21-15-7-9-16(10-8-15)22(2)3/h4-11H,12-13H2,1-3H3,(H,20,24)(H,21,23). The van der Waals surface area contributed by atoms with E-state index in [0.717, 1.165) is 11.3 Å². The van der Waals surface area contributed by atoms with Crippen molar-refractivity contribution < 1.29 is 14.3 Å². The molecule has 0 aliphatic heterocycles. The first-order valence-electron chi connectivity index (χ1n) is 7.97. The van der Waals surface area contributed by atoms with Crippen molar-refractivity contribution >= 4 is 23.2 Å². The van der Waals surface area contributed by atoms with E-state index in [9.17, 15) is 9.59 Å². The lowest BCUT2D eigenvalue weighted by molar-refractivity contribution is -0.125. The van der Waals surface area contributed by atoms with Crippen LogP contribution in [0.25, 0.3) is 0 Å². The predicted molar refractivity (Wildman–Crippen MR) is 99.1 cm³/mol. The molecule has 0 aromatic heterocycles. The summed E-state index contributed by atoms with van der Waals surface area (Å²) >= 11 is 0. The first kappa shape index (κ1) is 18.3. The molecule has 0 heterocycles. The Morgan fingerprint density at radius 1 is 1.04 bits per heavy atom. The first-order valence-corrected chi connectivity index (χ1v) is 7.97. The summed E-state index contributed by atoms with van der Waals surface area (Å²) in [7, 11) is 3.89.